The lowest BCUT2D eigenvalue weighted by Crippen LogP contribution is -2.67. The fourth-order valence-corrected chi connectivity index (χ4v) is 4.35. The number of carbonyl (C=O) groups is 4. The second-order valence-corrected chi connectivity index (χ2v) is 7.77. The number of rotatable bonds is 4. The fraction of sp³-hybridized carbons (Fsp3) is 0.364. The molecule has 0 spiro atoms. The van der Waals surface area contributed by atoms with Crippen LogP contribution in [0.5, 0.6) is 0 Å². The van der Waals surface area contributed by atoms with Crippen molar-refractivity contribution in [3.8, 4) is 0 Å². The number of aromatic nitrogens is 1. The number of aryl methyl sites for hydroxylation is 1. The largest absolute Gasteiger partial charge is 0.454 e. The molecule has 0 saturated carbocycles. The van der Waals surface area contributed by atoms with Gasteiger partial charge in [0, 0.05) is 43.9 Å². The molecule has 2 aliphatic rings. The maximum atomic E-state index is 13.2. The first-order valence-corrected chi connectivity index (χ1v) is 9.73. The van der Waals surface area contributed by atoms with Crippen molar-refractivity contribution in [2.24, 2.45) is 7.05 Å². The van der Waals surface area contributed by atoms with Crippen LogP contribution in [-0.2, 0) is 21.4 Å². The van der Waals surface area contributed by atoms with Gasteiger partial charge in [-0.15, -0.1) is 0 Å². The van der Waals surface area contributed by atoms with E-state index in [1.165, 1.54) is 16.8 Å². The summed E-state index contributed by atoms with van der Waals surface area (Å²) in [5.74, 6) is -1.74. The van der Waals surface area contributed by atoms with Crippen LogP contribution in [0, 0.1) is 13.8 Å². The summed E-state index contributed by atoms with van der Waals surface area (Å²) in [4.78, 5) is 54.1. The van der Waals surface area contributed by atoms with Gasteiger partial charge in [0.1, 0.15) is 0 Å². The molecule has 0 radical (unpaired) electrons. The van der Waals surface area contributed by atoms with E-state index in [4.69, 9.17) is 4.74 Å². The number of anilines is 1. The Labute approximate surface area is 174 Å². The van der Waals surface area contributed by atoms with Crippen LogP contribution in [-0.4, -0.2) is 52.4 Å². The van der Waals surface area contributed by atoms with E-state index in [0.717, 1.165) is 11.4 Å². The zero-order valence-electron chi connectivity index (χ0n) is 17.4. The van der Waals surface area contributed by atoms with Crippen molar-refractivity contribution in [1.29, 1.82) is 0 Å². The van der Waals surface area contributed by atoms with E-state index in [0.29, 0.717) is 16.8 Å². The first kappa shape index (κ1) is 19.9. The van der Waals surface area contributed by atoms with Crippen LogP contribution in [0.25, 0.3) is 0 Å². The third kappa shape index (κ3) is 2.59. The SMILES string of the molecule is Cc1cc(C(=O)COC(=O)[C@@]23CCC(=O)N2c2ccccc2C(=O)N3C)c(C)n1C. The predicted molar refractivity (Wildman–Crippen MR) is 108 cm³/mol. The lowest BCUT2D eigenvalue weighted by molar-refractivity contribution is -0.155. The van der Waals surface area contributed by atoms with E-state index in [1.54, 1.807) is 30.3 Å². The van der Waals surface area contributed by atoms with Gasteiger partial charge in [0.25, 0.3) is 5.91 Å². The topological polar surface area (TPSA) is 88.9 Å². The molecular formula is C22H23N3O5. The Balaban J connectivity index is 1.64. The van der Waals surface area contributed by atoms with E-state index < -0.39 is 18.2 Å². The molecule has 1 aromatic carbocycles. The number of nitrogens with zero attached hydrogens (tertiary/aromatic N) is 3. The number of para-hydroxylation sites is 1. The summed E-state index contributed by atoms with van der Waals surface area (Å²) in [6, 6.07) is 8.44. The predicted octanol–water partition coefficient (Wildman–Crippen LogP) is 1.98. The molecule has 0 aliphatic carbocycles. The maximum Gasteiger partial charge on any atom is 0.354 e. The van der Waals surface area contributed by atoms with E-state index in [-0.39, 0.29) is 30.4 Å². The Hall–Kier alpha value is -3.42. The van der Waals surface area contributed by atoms with Crippen LogP contribution >= 0.6 is 0 Å². The number of likely N-dealkylation sites (N-methyl/N-ethyl adjacent to an activating group) is 1. The van der Waals surface area contributed by atoms with Crippen molar-refractivity contribution in [1.82, 2.24) is 9.47 Å². The summed E-state index contributed by atoms with van der Waals surface area (Å²) in [6.45, 7) is 3.25. The van der Waals surface area contributed by atoms with Crippen LogP contribution in [0.4, 0.5) is 5.69 Å². The monoisotopic (exact) mass is 409 g/mol. The molecule has 8 heteroatoms. The van der Waals surface area contributed by atoms with Gasteiger partial charge in [-0.25, -0.2) is 4.79 Å². The molecule has 0 N–H and O–H groups in total. The number of benzene rings is 1. The maximum absolute atomic E-state index is 13.2. The summed E-state index contributed by atoms with van der Waals surface area (Å²) in [5.41, 5.74) is 1.35. The summed E-state index contributed by atoms with van der Waals surface area (Å²) in [7, 11) is 3.34. The highest BCUT2D eigenvalue weighted by Crippen LogP contribution is 2.44. The highest BCUT2D eigenvalue weighted by atomic mass is 16.5. The fourth-order valence-electron chi connectivity index (χ4n) is 4.35. The Bertz CT molecular complexity index is 1100. The first-order chi connectivity index (χ1) is 14.2. The van der Waals surface area contributed by atoms with Crippen molar-refractivity contribution < 1.29 is 23.9 Å². The minimum Gasteiger partial charge on any atom is -0.454 e. The van der Waals surface area contributed by atoms with Gasteiger partial charge in [-0.3, -0.25) is 19.3 Å². The molecule has 2 aliphatic heterocycles. The summed E-state index contributed by atoms with van der Waals surface area (Å²) in [6.07, 6.45) is 0.213. The Kier molecular flexibility index (Phi) is 4.52. The molecule has 1 saturated heterocycles. The number of hydrogen-bond acceptors (Lipinski definition) is 5. The third-order valence-corrected chi connectivity index (χ3v) is 6.28. The standard InChI is InChI=1S/C22H23N3O5/c1-13-11-16(14(2)23(13)3)18(26)12-30-21(29)22-10-9-19(27)25(22)17-8-6-5-7-15(17)20(28)24(22)4/h5-8,11H,9-10,12H2,1-4H3/t22-/m1/s1. The number of fused-ring (bicyclic) bond motifs is 3. The summed E-state index contributed by atoms with van der Waals surface area (Å²) in [5, 5.41) is 0. The number of esters is 1. The number of hydrogen-bond donors (Lipinski definition) is 0. The van der Waals surface area contributed by atoms with Gasteiger partial charge in [-0.05, 0) is 32.0 Å². The van der Waals surface area contributed by atoms with Crippen LogP contribution in [0.15, 0.2) is 30.3 Å². The van der Waals surface area contributed by atoms with Gasteiger partial charge in [0.15, 0.2) is 6.61 Å². The van der Waals surface area contributed by atoms with Crippen molar-refractivity contribution in [3.63, 3.8) is 0 Å². The van der Waals surface area contributed by atoms with Crippen molar-refractivity contribution in [2.75, 3.05) is 18.6 Å². The minimum absolute atomic E-state index is 0.103. The molecule has 4 rings (SSSR count). The van der Waals surface area contributed by atoms with Crippen LogP contribution in [0.2, 0.25) is 0 Å². The highest BCUT2D eigenvalue weighted by Gasteiger charge is 2.60. The summed E-state index contributed by atoms with van der Waals surface area (Å²) < 4.78 is 7.29. The molecule has 3 heterocycles. The second kappa shape index (κ2) is 6.83. The zero-order valence-corrected chi connectivity index (χ0v) is 17.4. The molecule has 1 atom stereocenters. The molecule has 2 aromatic rings. The molecule has 1 fully saturated rings. The number of Topliss-reactive ketones (excluding diaryl/α,β-unsaturated/α-hetero) is 1. The van der Waals surface area contributed by atoms with Gasteiger partial charge in [0.2, 0.25) is 17.4 Å². The van der Waals surface area contributed by atoms with E-state index in [2.05, 4.69) is 0 Å². The molecule has 0 bridgehead atoms. The lowest BCUT2D eigenvalue weighted by atomic mass is 9.97. The van der Waals surface area contributed by atoms with Gasteiger partial charge in [-0.2, -0.15) is 0 Å². The average molecular weight is 409 g/mol. The van der Waals surface area contributed by atoms with Gasteiger partial charge in [-0.1, -0.05) is 12.1 Å². The van der Waals surface area contributed by atoms with Crippen molar-refractivity contribution in [2.45, 2.75) is 32.4 Å². The van der Waals surface area contributed by atoms with Crippen molar-refractivity contribution >= 4 is 29.3 Å². The lowest BCUT2D eigenvalue weighted by Gasteiger charge is -2.46. The van der Waals surface area contributed by atoms with E-state index in [1.807, 2.05) is 25.5 Å². The van der Waals surface area contributed by atoms with Crippen molar-refractivity contribution in [3.05, 3.63) is 52.8 Å². The summed E-state index contributed by atoms with van der Waals surface area (Å²) >= 11 is 0. The van der Waals surface area contributed by atoms with Gasteiger partial charge >= 0.3 is 5.97 Å². The highest BCUT2D eigenvalue weighted by molar-refractivity contribution is 6.15. The molecule has 30 heavy (non-hydrogen) atoms. The molecule has 8 nitrogen and oxygen atoms in total. The minimum atomic E-state index is -1.58. The molecule has 2 amide bonds. The quantitative estimate of drug-likeness (QED) is 0.569. The van der Waals surface area contributed by atoms with Crippen LogP contribution in [0.3, 0.4) is 0 Å². The second-order valence-electron chi connectivity index (χ2n) is 7.77. The molecule has 156 valence electrons. The van der Waals surface area contributed by atoms with E-state index >= 15 is 0 Å². The number of ether oxygens (including phenoxy) is 1. The van der Waals surface area contributed by atoms with E-state index in [9.17, 15) is 19.2 Å². The smallest absolute Gasteiger partial charge is 0.354 e. The molecule has 0 unspecified atom stereocenters. The Morgan fingerprint density at radius 2 is 1.83 bits per heavy atom. The normalized spacial score (nSPS) is 20.3. The van der Waals surface area contributed by atoms with Gasteiger partial charge < -0.3 is 14.2 Å². The van der Waals surface area contributed by atoms with Crippen LogP contribution < -0.4 is 4.90 Å². The number of carbonyl (C=O) groups excluding carboxylic acids is 4. The van der Waals surface area contributed by atoms with Crippen LogP contribution in [0.1, 0.15) is 44.9 Å². The Morgan fingerprint density at radius 3 is 2.50 bits per heavy atom. The number of ketones is 1. The molecule has 1 aromatic heterocycles. The Morgan fingerprint density at radius 1 is 1.13 bits per heavy atom. The average Bonchev–Trinajstić information content (AvgIpc) is 3.22. The third-order valence-electron chi connectivity index (χ3n) is 6.28. The van der Waals surface area contributed by atoms with Gasteiger partial charge in [0.05, 0.1) is 11.3 Å². The first-order valence-electron chi connectivity index (χ1n) is 9.73. The number of amides is 2. The zero-order chi connectivity index (χ0) is 21.8. The molecular weight excluding hydrogens is 386 g/mol.